The van der Waals surface area contributed by atoms with Crippen molar-refractivity contribution in [3.8, 4) is 5.75 Å². The lowest BCUT2D eigenvalue weighted by Crippen LogP contribution is -2.39. The maximum absolute atomic E-state index is 12.5. The maximum Gasteiger partial charge on any atom is 0.262 e. The zero-order chi connectivity index (χ0) is 16.7. The van der Waals surface area contributed by atoms with Gasteiger partial charge in [-0.1, -0.05) is 23.7 Å². The molecule has 24 heavy (non-hydrogen) atoms. The van der Waals surface area contributed by atoms with Gasteiger partial charge in [-0.15, -0.1) is 0 Å². The Labute approximate surface area is 144 Å². The molecule has 2 heterocycles. The monoisotopic (exact) mass is 341 g/mol. The number of para-hydroxylation sites is 2. The number of carbonyl (C=O) groups is 1. The molecule has 0 fully saturated rings. The average molecular weight is 342 g/mol. The number of ether oxygens (including phenoxy) is 1. The molecule has 4 rings (SSSR count). The molecule has 1 aliphatic heterocycles. The van der Waals surface area contributed by atoms with E-state index in [9.17, 15) is 4.79 Å². The van der Waals surface area contributed by atoms with Crippen LogP contribution in [0.1, 0.15) is 24.4 Å². The number of rotatable bonds is 3. The van der Waals surface area contributed by atoms with Crippen LogP contribution in [0.4, 0.5) is 0 Å². The molecular weight excluding hydrogens is 326 g/mol. The molecule has 1 aliphatic rings. The van der Waals surface area contributed by atoms with Gasteiger partial charge in [0.05, 0.1) is 17.1 Å². The minimum Gasteiger partial charge on any atom is -0.480 e. The summed E-state index contributed by atoms with van der Waals surface area (Å²) >= 11 is 5.99. The van der Waals surface area contributed by atoms with Gasteiger partial charge in [-0.05, 0) is 42.8 Å². The molecule has 0 bridgehead atoms. The first kappa shape index (κ1) is 15.0. The van der Waals surface area contributed by atoms with Crippen LogP contribution >= 0.6 is 11.6 Å². The Morgan fingerprint density at radius 2 is 2.21 bits per heavy atom. The third-order valence-electron chi connectivity index (χ3n) is 4.17. The van der Waals surface area contributed by atoms with Gasteiger partial charge in [0, 0.05) is 11.4 Å². The van der Waals surface area contributed by atoms with Crippen LogP contribution in [-0.4, -0.2) is 22.0 Å². The number of aromatic nitrogens is 2. The molecule has 2 N–H and O–H groups in total. The fraction of sp³-hybridized carbons (Fsp3) is 0.222. The summed E-state index contributed by atoms with van der Waals surface area (Å²) in [5.74, 6) is 1.29. The van der Waals surface area contributed by atoms with E-state index < -0.39 is 6.10 Å². The van der Waals surface area contributed by atoms with E-state index in [2.05, 4.69) is 15.3 Å². The first-order valence-corrected chi connectivity index (χ1v) is 8.18. The summed E-state index contributed by atoms with van der Waals surface area (Å²) in [6.07, 6.45) is -0.0144. The smallest absolute Gasteiger partial charge is 0.262 e. The lowest BCUT2D eigenvalue weighted by Gasteiger charge is -2.15. The number of carbonyl (C=O) groups excluding carboxylic acids is 1. The molecule has 1 amide bonds. The van der Waals surface area contributed by atoms with Gasteiger partial charge in [0.15, 0.2) is 6.10 Å². The van der Waals surface area contributed by atoms with Gasteiger partial charge < -0.3 is 15.0 Å². The number of halogens is 1. The van der Waals surface area contributed by atoms with E-state index in [0.29, 0.717) is 11.4 Å². The molecule has 2 aromatic carbocycles. The highest BCUT2D eigenvalue weighted by atomic mass is 35.5. The van der Waals surface area contributed by atoms with Crippen LogP contribution in [0.25, 0.3) is 11.0 Å². The van der Waals surface area contributed by atoms with Gasteiger partial charge in [0.25, 0.3) is 5.91 Å². The minimum atomic E-state index is -0.537. The predicted molar refractivity (Wildman–Crippen MR) is 92.2 cm³/mol. The van der Waals surface area contributed by atoms with E-state index in [1.165, 1.54) is 0 Å². The van der Waals surface area contributed by atoms with Crippen molar-refractivity contribution >= 4 is 28.5 Å². The van der Waals surface area contributed by atoms with Crippen molar-refractivity contribution in [2.45, 2.75) is 25.5 Å². The Morgan fingerprint density at radius 3 is 3.04 bits per heavy atom. The Morgan fingerprint density at radius 1 is 1.38 bits per heavy atom. The fourth-order valence-corrected chi connectivity index (χ4v) is 3.11. The van der Waals surface area contributed by atoms with Gasteiger partial charge in [-0.2, -0.15) is 0 Å². The van der Waals surface area contributed by atoms with Crippen LogP contribution in [0.2, 0.25) is 5.02 Å². The van der Waals surface area contributed by atoms with Crippen LogP contribution < -0.4 is 10.1 Å². The summed E-state index contributed by atoms with van der Waals surface area (Å²) in [7, 11) is 0. The molecule has 0 radical (unpaired) electrons. The van der Waals surface area contributed by atoms with E-state index in [1.54, 1.807) is 12.1 Å². The molecule has 0 spiro atoms. The van der Waals surface area contributed by atoms with Crippen LogP contribution in [0.3, 0.4) is 0 Å². The molecule has 5 nitrogen and oxygen atoms in total. The van der Waals surface area contributed by atoms with Crippen LogP contribution in [-0.2, 0) is 11.2 Å². The predicted octanol–water partition coefficient (Wildman–Crippen LogP) is 3.40. The highest BCUT2D eigenvalue weighted by molar-refractivity contribution is 6.30. The standard InChI is InChI=1S/C18H16ClN3O2/c1-10(17-21-13-4-2-3-5-14(13)22-17)20-18(23)16-9-11-8-12(19)6-7-15(11)24-16/h2-8,10,16H,9H2,1H3,(H,20,23)(H,21,22)/t10-,16-/m1/s1. The van der Waals surface area contributed by atoms with Crippen molar-refractivity contribution in [1.29, 1.82) is 0 Å². The molecule has 122 valence electrons. The quantitative estimate of drug-likeness (QED) is 0.767. The van der Waals surface area contributed by atoms with Crippen molar-refractivity contribution < 1.29 is 9.53 Å². The number of H-pyrrole nitrogens is 1. The number of nitrogens with one attached hydrogen (secondary N) is 2. The maximum atomic E-state index is 12.5. The zero-order valence-corrected chi connectivity index (χ0v) is 13.8. The number of aromatic amines is 1. The third-order valence-corrected chi connectivity index (χ3v) is 4.40. The molecular formula is C18H16ClN3O2. The molecule has 2 atom stereocenters. The summed E-state index contributed by atoms with van der Waals surface area (Å²) in [5.41, 5.74) is 2.79. The van der Waals surface area contributed by atoms with Crippen molar-refractivity contribution in [3.63, 3.8) is 0 Å². The van der Waals surface area contributed by atoms with E-state index in [0.717, 1.165) is 28.2 Å². The summed E-state index contributed by atoms with van der Waals surface area (Å²) in [6, 6.07) is 12.9. The van der Waals surface area contributed by atoms with Gasteiger partial charge in [0.1, 0.15) is 11.6 Å². The van der Waals surface area contributed by atoms with Crippen molar-refractivity contribution in [1.82, 2.24) is 15.3 Å². The SMILES string of the molecule is C[C@@H](NC(=O)[C@H]1Cc2cc(Cl)ccc2O1)c1nc2ccccc2[nH]1. The highest BCUT2D eigenvalue weighted by Crippen LogP contribution is 2.31. The lowest BCUT2D eigenvalue weighted by molar-refractivity contribution is -0.127. The molecule has 0 saturated heterocycles. The first-order chi connectivity index (χ1) is 11.6. The molecule has 6 heteroatoms. The Balaban J connectivity index is 1.46. The topological polar surface area (TPSA) is 67.0 Å². The van der Waals surface area contributed by atoms with E-state index in [4.69, 9.17) is 16.3 Å². The lowest BCUT2D eigenvalue weighted by atomic mass is 10.1. The second kappa shape index (κ2) is 5.83. The summed E-state index contributed by atoms with van der Waals surface area (Å²) < 4.78 is 5.72. The molecule has 1 aromatic heterocycles. The number of fused-ring (bicyclic) bond motifs is 2. The van der Waals surface area contributed by atoms with Crippen LogP contribution in [0, 0.1) is 0 Å². The number of benzene rings is 2. The first-order valence-electron chi connectivity index (χ1n) is 7.80. The van der Waals surface area contributed by atoms with Crippen molar-refractivity contribution in [2.75, 3.05) is 0 Å². The fourth-order valence-electron chi connectivity index (χ4n) is 2.92. The minimum absolute atomic E-state index is 0.157. The third kappa shape index (κ3) is 2.71. The Hall–Kier alpha value is -2.53. The van der Waals surface area contributed by atoms with Crippen molar-refractivity contribution in [2.24, 2.45) is 0 Å². The number of imidazole rings is 1. The van der Waals surface area contributed by atoms with E-state index in [1.807, 2.05) is 37.3 Å². The van der Waals surface area contributed by atoms with Gasteiger partial charge >= 0.3 is 0 Å². The van der Waals surface area contributed by atoms with Crippen molar-refractivity contribution in [3.05, 3.63) is 58.9 Å². The number of nitrogens with zero attached hydrogens (tertiary/aromatic N) is 1. The Kier molecular flexibility index (Phi) is 3.65. The van der Waals surface area contributed by atoms with Crippen LogP contribution in [0.15, 0.2) is 42.5 Å². The normalized spacial score (nSPS) is 17.3. The average Bonchev–Trinajstić information content (AvgIpc) is 3.18. The summed E-state index contributed by atoms with van der Waals surface area (Å²) in [6.45, 7) is 1.90. The summed E-state index contributed by atoms with van der Waals surface area (Å²) in [4.78, 5) is 20.2. The molecule has 0 aliphatic carbocycles. The van der Waals surface area contributed by atoms with Crippen LogP contribution in [0.5, 0.6) is 5.75 Å². The second-order valence-electron chi connectivity index (χ2n) is 5.93. The zero-order valence-electron chi connectivity index (χ0n) is 13.0. The highest BCUT2D eigenvalue weighted by Gasteiger charge is 2.30. The van der Waals surface area contributed by atoms with Gasteiger partial charge in [-0.25, -0.2) is 4.98 Å². The van der Waals surface area contributed by atoms with Gasteiger partial charge in [0.2, 0.25) is 0 Å². The Bertz CT molecular complexity index is 889. The summed E-state index contributed by atoms with van der Waals surface area (Å²) in [5, 5.41) is 3.61. The second-order valence-corrected chi connectivity index (χ2v) is 6.37. The molecule has 0 saturated carbocycles. The van der Waals surface area contributed by atoms with Gasteiger partial charge in [-0.3, -0.25) is 4.79 Å². The number of hydrogen-bond acceptors (Lipinski definition) is 3. The molecule has 0 unspecified atom stereocenters. The number of hydrogen-bond donors (Lipinski definition) is 2. The number of amides is 1. The largest absolute Gasteiger partial charge is 0.480 e. The van der Waals surface area contributed by atoms with E-state index >= 15 is 0 Å². The molecule has 3 aromatic rings. The van der Waals surface area contributed by atoms with E-state index in [-0.39, 0.29) is 11.9 Å².